The molecule has 0 atom stereocenters. The molecule has 7 heteroatoms. The highest BCUT2D eigenvalue weighted by Crippen LogP contribution is 2.48. The Labute approximate surface area is 217 Å². The van der Waals surface area contributed by atoms with Crippen LogP contribution in [0.2, 0.25) is 0 Å². The molecule has 0 N–H and O–H groups in total. The van der Waals surface area contributed by atoms with E-state index in [-0.39, 0.29) is 5.56 Å². The first kappa shape index (κ1) is 28.6. The Morgan fingerprint density at radius 1 is 0.730 bits per heavy atom. The standard InChI is InChI=1S/C30H42F6O/c1-2-3-20-4-7-22(8-5-20)23-9-11-24(12-10-23)25-13-15-26(16-14-25)29(32,33)19-21-6-17-28(27(31)18-21)37-30(34,35)36/h6,17-18,20,22-26H,2-5,7-16,19H2,1H3. The Morgan fingerprint density at radius 2 is 1.22 bits per heavy atom. The maximum Gasteiger partial charge on any atom is 0.573 e. The molecule has 0 heterocycles. The van der Waals surface area contributed by atoms with E-state index in [1.807, 2.05) is 0 Å². The van der Waals surface area contributed by atoms with Gasteiger partial charge in [-0.2, -0.15) is 0 Å². The van der Waals surface area contributed by atoms with Gasteiger partial charge in [0.1, 0.15) is 0 Å². The molecule has 0 aromatic heterocycles. The van der Waals surface area contributed by atoms with Crippen LogP contribution in [0.25, 0.3) is 0 Å². The van der Waals surface area contributed by atoms with Crippen LogP contribution in [0.5, 0.6) is 5.75 Å². The van der Waals surface area contributed by atoms with E-state index in [4.69, 9.17) is 0 Å². The first-order chi connectivity index (χ1) is 17.5. The minimum atomic E-state index is -5.03. The number of hydrogen-bond acceptors (Lipinski definition) is 1. The zero-order valence-corrected chi connectivity index (χ0v) is 22.0. The van der Waals surface area contributed by atoms with Crippen molar-refractivity contribution in [3.05, 3.63) is 29.6 Å². The summed E-state index contributed by atoms with van der Waals surface area (Å²) in [6, 6.07) is 2.60. The van der Waals surface area contributed by atoms with E-state index in [1.54, 1.807) is 0 Å². The molecule has 3 saturated carbocycles. The van der Waals surface area contributed by atoms with Gasteiger partial charge in [-0.1, -0.05) is 38.7 Å². The van der Waals surface area contributed by atoms with Gasteiger partial charge in [0.05, 0.1) is 0 Å². The molecule has 0 unspecified atom stereocenters. The molecule has 1 aromatic rings. The summed E-state index contributed by atoms with van der Waals surface area (Å²) >= 11 is 0. The molecular formula is C30H42F6O. The van der Waals surface area contributed by atoms with Crippen molar-refractivity contribution in [2.24, 2.45) is 35.5 Å². The normalized spacial score (nSPS) is 31.8. The fourth-order valence-corrected chi connectivity index (χ4v) is 7.74. The second kappa shape index (κ2) is 12.2. The Hall–Kier alpha value is -1.40. The van der Waals surface area contributed by atoms with Gasteiger partial charge in [0, 0.05) is 12.3 Å². The highest BCUT2D eigenvalue weighted by Gasteiger charge is 2.43. The molecular weight excluding hydrogens is 490 g/mol. The second-order valence-corrected chi connectivity index (χ2v) is 12.1. The van der Waals surface area contributed by atoms with E-state index >= 15 is 8.78 Å². The largest absolute Gasteiger partial charge is 0.573 e. The summed E-state index contributed by atoms with van der Waals surface area (Å²) in [4.78, 5) is 0. The summed E-state index contributed by atoms with van der Waals surface area (Å²) in [6.45, 7) is 2.28. The lowest BCUT2D eigenvalue weighted by atomic mass is 9.64. The van der Waals surface area contributed by atoms with E-state index in [0.717, 1.165) is 48.8 Å². The third-order valence-electron chi connectivity index (χ3n) is 9.77. The molecule has 0 spiro atoms. The van der Waals surface area contributed by atoms with Crippen LogP contribution in [0.1, 0.15) is 102 Å². The van der Waals surface area contributed by atoms with Gasteiger partial charge in [0.25, 0.3) is 5.92 Å². The number of hydrogen-bond donors (Lipinski definition) is 0. The zero-order chi connectivity index (χ0) is 26.6. The van der Waals surface area contributed by atoms with Crippen molar-refractivity contribution in [2.75, 3.05) is 0 Å². The van der Waals surface area contributed by atoms with E-state index in [0.29, 0.717) is 24.7 Å². The van der Waals surface area contributed by atoms with Crippen LogP contribution in [-0.2, 0) is 6.42 Å². The van der Waals surface area contributed by atoms with Gasteiger partial charge in [-0.25, -0.2) is 13.2 Å². The molecule has 1 nitrogen and oxygen atoms in total. The molecule has 0 saturated heterocycles. The van der Waals surface area contributed by atoms with Crippen LogP contribution in [0.15, 0.2) is 18.2 Å². The average molecular weight is 533 g/mol. The molecule has 3 fully saturated rings. The van der Waals surface area contributed by atoms with E-state index in [2.05, 4.69) is 11.7 Å². The molecule has 4 rings (SSSR count). The number of benzene rings is 1. The minimum Gasteiger partial charge on any atom is -0.403 e. The van der Waals surface area contributed by atoms with Crippen LogP contribution in [0.3, 0.4) is 0 Å². The monoisotopic (exact) mass is 532 g/mol. The Kier molecular flexibility index (Phi) is 9.43. The summed E-state index contributed by atoms with van der Waals surface area (Å²) in [7, 11) is 0. The summed E-state index contributed by atoms with van der Waals surface area (Å²) in [5, 5.41) is 0. The summed E-state index contributed by atoms with van der Waals surface area (Å²) in [5.41, 5.74) is -0.0128. The minimum absolute atomic E-state index is 0.0128. The second-order valence-electron chi connectivity index (χ2n) is 12.1. The molecule has 1 aromatic carbocycles. The molecule has 3 aliphatic rings. The van der Waals surface area contributed by atoms with Gasteiger partial charge in [0.2, 0.25) is 0 Å². The third kappa shape index (κ3) is 7.81. The lowest BCUT2D eigenvalue weighted by molar-refractivity contribution is -0.275. The van der Waals surface area contributed by atoms with E-state index < -0.39 is 36.2 Å². The van der Waals surface area contributed by atoms with Crippen LogP contribution in [0, 0.1) is 41.3 Å². The predicted octanol–water partition coefficient (Wildman–Crippen LogP) is 10.1. The average Bonchev–Trinajstić information content (AvgIpc) is 2.86. The van der Waals surface area contributed by atoms with E-state index in [1.165, 1.54) is 64.2 Å². The smallest absolute Gasteiger partial charge is 0.403 e. The summed E-state index contributed by atoms with van der Waals surface area (Å²) in [5.74, 6) is -2.21. The molecule has 210 valence electrons. The van der Waals surface area contributed by atoms with Gasteiger partial charge in [0.15, 0.2) is 11.6 Å². The first-order valence-electron chi connectivity index (χ1n) is 14.5. The van der Waals surface area contributed by atoms with Crippen molar-refractivity contribution in [1.82, 2.24) is 0 Å². The fraction of sp³-hybridized carbons (Fsp3) is 0.800. The van der Waals surface area contributed by atoms with Gasteiger partial charge in [-0.15, -0.1) is 13.2 Å². The summed E-state index contributed by atoms with van der Waals surface area (Å²) < 4.78 is 84.7. The molecule has 0 bridgehead atoms. The van der Waals surface area contributed by atoms with Crippen molar-refractivity contribution < 1.29 is 31.1 Å². The molecule has 3 aliphatic carbocycles. The quantitative estimate of drug-likeness (QED) is 0.303. The highest BCUT2D eigenvalue weighted by molar-refractivity contribution is 5.30. The van der Waals surface area contributed by atoms with Gasteiger partial charge < -0.3 is 4.74 Å². The number of halogens is 6. The summed E-state index contributed by atoms with van der Waals surface area (Å²) in [6.07, 6.45) is 10.1. The fourth-order valence-electron chi connectivity index (χ4n) is 7.74. The van der Waals surface area contributed by atoms with Gasteiger partial charge in [-0.3, -0.25) is 0 Å². The molecule has 0 amide bonds. The van der Waals surface area contributed by atoms with Crippen LogP contribution in [0.4, 0.5) is 26.3 Å². The number of ether oxygens (including phenoxy) is 1. The van der Waals surface area contributed by atoms with Gasteiger partial charge >= 0.3 is 6.36 Å². The van der Waals surface area contributed by atoms with Crippen LogP contribution < -0.4 is 4.74 Å². The SMILES string of the molecule is CCCC1CCC(C2CCC(C3CCC(C(F)(F)Cc4ccc(OC(F)(F)F)c(F)c4)CC3)CC2)CC1. The van der Waals surface area contributed by atoms with Crippen LogP contribution in [-0.4, -0.2) is 12.3 Å². The van der Waals surface area contributed by atoms with Crippen molar-refractivity contribution >= 4 is 0 Å². The molecule has 37 heavy (non-hydrogen) atoms. The lowest BCUT2D eigenvalue weighted by Crippen LogP contribution is -2.36. The van der Waals surface area contributed by atoms with Crippen molar-refractivity contribution in [3.63, 3.8) is 0 Å². The van der Waals surface area contributed by atoms with Crippen LogP contribution >= 0.6 is 0 Å². The highest BCUT2D eigenvalue weighted by atomic mass is 19.4. The third-order valence-corrected chi connectivity index (χ3v) is 9.77. The van der Waals surface area contributed by atoms with Crippen molar-refractivity contribution in [3.8, 4) is 5.75 Å². The number of alkyl halides is 5. The Bertz CT molecular complexity index is 844. The maximum absolute atomic E-state index is 15.1. The lowest BCUT2D eigenvalue weighted by Gasteiger charge is -2.42. The maximum atomic E-state index is 15.1. The Balaban J connectivity index is 1.21. The predicted molar refractivity (Wildman–Crippen MR) is 133 cm³/mol. The number of rotatable bonds is 8. The van der Waals surface area contributed by atoms with Crippen molar-refractivity contribution in [2.45, 2.75) is 116 Å². The Morgan fingerprint density at radius 3 is 1.68 bits per heavy atom. The topological polar surface area (TPSA) is 9.23 Å². The zero-order valence-electron chi connectivity index (χ0n) is 22.0. The first-order valence-corrected chi connectivity index (χ1v) is 14.5. The molecule has 0 aliphatic heterocycles. The molecule has 0 radical (unpaired) electrons. The van der Waals surface area contributed by atoms with Crippen molar-refractivity contribution in [1.29, 1.82) is 0 Å². The van der Waals surface area contributed by atoms with E-state index in [9.17, 15) is 17.6 Å². The van der Waals surface area contributed by atoms with Gasteiger partial charge in [-0.05, 0) is 111 Å².